The summed E-state index contributed by atoms with van der Waals surface area (Å²) < 4.78 is 5.57. The van der Waals surface area contributed by atoms with Crippen LogP contribution in [0.4, 0.5) is 5.69 Å². The molecule has 2 N–H and O–H groups in total. The fraction of sp³-hybridized carbons (Fsp3) is 0.231. The summed E-state index contributed by atoms with van der Waals surface area (Å²) in [6.45, 7) is 0.718. The zero-order chi connectivity index (χ0) is 13.7. The summed E-state index contributed by atoms with van der Waals surface area (Å²) in [5.41, 5.74) is 1.65. The molecule has 0 saturated heterocycles. The summed E-state index contributed by atoms with van der Waals surface area (Å²) in [6, 6.07) is 7.90. The van der Waals surface area contributed by atoms with Crippen molar-refractivity contribution in [2.75, 3.05) is 19.0 Å². The van der Waals surface area contributed by atoms with E-state index in [2.05, 4.69) is 31.4 Å². The molecule has 0 fully saturated rings. The van der Waals surface area contributed by atoms with Crippen molar-refractivity contribution in [3.63, 3.8) is 0 Å². The average molecular weight is 324 g/mol. The Balaban J connectivity index is 1.92. The van der Waals surface area contributed by atoms with Crippen LogP contribution in [0.3, 0.4) is 0 Å². The van der Waals surface area contributed by atoms with Gasteiger partial charge in [0.1, 0.15) is 10.2 Å². The van der Waals surface area contributed by atoms with Gasteiger partial charge in [0.15, 0.2) is 0 Å². The fourth-order valence-electron chi connectivity index (χ4n) is 1.64. The molecule has 5 nitrogen and oxygen atoms in total. The maximum Gasteiger partial charge on any atom is 0.280 e. The Kier molecular flexibility index (Phi) is 4.57. The third-order valence-electron chi connectivity index (χ3n) is 2.68. The van der Waals surface area contributed by atoms with Gasteiger partial charge in [0.05, 0.1) is 19.0 Å². The summed E-state index contributed by atoms with van der Waals surface area (Å²) in [4.78, 5) is 11.3. The number of hydrogen-bond donors (Lipinski definition) is 2. The first-order chi connectivity index (χ1) is 9.20. The van der Waals surface area contributed by atoms with Gasteiger partial charge >= 0.3 is 0 Å². The second-order valence-corrected chi connectivity index (χ2v) is 4.74. The van der Waals surface area contributed by atoms with Gasteiger partial charge in [-0.15, -0.1) is 0 Å². The molecule has 6 heteroatoms. The van der Waals surface area contributed by atoms with Gasteiger partial charge in [0.2, 0.25) is 0 Å². The lowest BCUT2D eigenvalue weighted by Gasteiger charge is -2.07. The topological polar surface area (TPSA) is 67.0 Å². The van der Waals surface area contributed by atoms with Gasteiger partial charge in [-0.3, -0.25) is 4.79 Å². The number of benzene rings is 1. The van der Waals surface area contributed by atoms with Gasteiger partial charge in [-0.05, 0) is 40.0 Å². The van der Waals surface area contributed by atoms with Crippen LogP contribution in [0.1, 0.15) is 5.56 Å². The first-order valence-corrected chi connectivity index (χ1v) is 6.60. The van der Waals surface area contributed by atoms with Gasteiger partial charge in [0.25, 0.3) is 5.56 Å². The van der Waals surface area contributed by atoms with Gasteiger partial charge in [-0.1, -0.05) is 12.1 Å². The summed E-state index contributed by atoms with van der Waals surface area (Å²) >= 11 is 3.22. The molecule has 0 bridgehead atoms. The molecule has 2 rings (SSSR count). The van der Waals surface area contributed by atoms with Crippen molar-refractivity contribution >= 4 is 21.6 Å². The number of halogens is 1. The molecule has 1 aromatic carbocycles. The van der Waals surface area contributed by atoms with Crippen molar-refractivity contribution < 1.29 is 4.74 Å². The van der Waals surface area contributed by atoms with Crippen LogP contribution >= 0.6 is 15.9 Å². The Labute approximate surface area is 119 Å². The molecular formula is C13H14BrN3O2. The number of anilines is 1. The van der Waals surface area contributed by atoms with E-state index in [4.69, 9.17) is 4.74 Å². The van der Waals surface area contributed by atoms with Crippen molar-refractivity contribution in [1.82, 2.24) is 10.2 Å². The van der Waals surface area contributed by atoms with Crippen molar-refractivity contribution in [3.8, 4) is 5.75 Å². The Morgan fingerprint density at radius 2 is 2.11 bits per heavy atom. The quantitative estimate of drug-likeness (QED) is 0.885. The van der Waals surface area contributed by atoms with E-state index < -0.39 is 0 Å². The predicted molar refractivity (Wildman–Crippen MR) is 77.7 cm³/mol. The van der Waals surface area contributed by atoms with Crippen LogP contribution in [0.2, 0.25) is 0 Å². The van der Waals surface area contributed by atoms with E-state index in [0.717, 1.165) is 18.7 Å². The highest BCUT2D eigenvalue weighted by Gasteiger charge is 2.03. The number of nitrogens with one attached hydrogen (secondary N) is 2. The molecule has 0 atom stereocenters. The van der Waals surface area contributed by atoms with Gasteiger partial charge < -0.3 is 10.1 Å². The van der Waals surface area contributed by atoms with Crippen LogP contribution in [0, 0.1) is 0 Å². The Bertz CT molecular complexity index is 596. The fourth-order valence-corrected chi connectivity index (χ4v) is 1.97. The monoisotopic (exact) mass is 323 g/mol. The smallest absolute Gasteiger partial charge is 0.280 e. The van der Waals surface area contributed by atoms with Gasteiger partial charge in [-0.2, -0.15) is 5.10 Å². The van der Waals surface area contributed by atoms with E-state index in [0.29, 0.717) is 10.2 Å². The minimum atomic E-state index is -0.241. The number of methoxy groups -OCH3 is 1. The minimum Gasteiger partial charge on any atom is -0.497 e. The lowest BCUT2D eigenvalue weighted by Crippen LogP contribution is -2.13. The second-order valence-electron chi connectivity index (χ2n) is 3.95. The Morgan fingerprint density at radius 3 is 2.79 bits per heavy atom. The molecule has 0 aliphatic rings. The molecule has 2 aromatic rings. The van der Waals surface area contributed by atoms with Gasteiger partial charge in [0, 0.05) is 6.54 Å². The molecular weight excluding hydrogens is 310 g/mol. The normalized spacial score (nSPS) is 10.2. The third kappa shape index (κ3) is 3.57. The van der Waals surface area contributed by atoms with Crippen molar-refractivity contribution in [1.29, 1.82) is 0 Å². The summed E-state index contributed by atoms with van der Waals surface area (Å²) in [6.07, 6.45) is 2.43. The molecule has 19 heavy (non-hydrogen) atoms. The maximum atomic E-state index is 11.3. The number of ether oxygens (including phenoxy) is 1. The molecule has 0 unspecified atom stereocenters. The molecule has 0 aliphatic carbocycles. The maximum absolute atomic E-state index is 11.3. The first-order valence-electron chi connectivity index (χ1n) is 5.80. The molecule has 0 saturated carbocycles. The van der Waals surface area contributed by atoms with Crippen LogP contribution in [0.15, 0.2) is 39.7 Å². The Morgan fingerprint density at radius 1 is 1.37 bits per heavy atom. The lowest BCUT2D eigenvalue weighted by molar-refractivity contribution is 0.414. The molecule has 0 amide bonds. The van der Waals surface area contributed by atoms with Crippen LogP contribution < -0.4 is 15.6 Å². The van der Waals surface area contributed by atoms with E-state index in [1.54, 1.807) is 13.3 Å². The van der Waals surface area contributed by atoms with Crippen LogP contribution in [-0.4, -0.2) is 23.9 Å². The molecule has 0 aliphatic heterocycles. The lowest BCUT2D eigenvalue weighted by atomic mass is 10.1. The number of nitrogens with zero attached hydrogens (tertiary/aromatic N) is 1. The highest BCUT2D eigenvalue weighted by Crippen LogP contribution is 2.16. The summed E-state index contributed by atoms with van der Waals surface area (Å²) in [5.74, 6) is 0.846. The molecule has 1 heterocycles. The number of aromatic nitrogens is 2. The predicted octanol–water partition coefficient (Wildman–Crippen LogP) is 2.20. The SMILES string of the molecule is COc1ccc(CCNc2cn[nH]c(=O)c2Br)cc1. The number of rotatable bonds is 5. The van der Waals surface area contributed by atoms with E-state index in [1.807, 2.05) is 24.3 Å². The zero-order valence-electron chi connectivity index (χ0n) is 10.4. The van der Waals surface area contributed by atoms with E-state index in [-0.39, 0.29) is 5.56 Å². The van der Waals surface area contributed by atoms with Crippen LogP contribution in [0.5, 0.6) is 5.75 Å². The molecule has 0 spiro atoms. The van der Waals surface area contributed by atoms with Crippen molar-refractivity contribution in [2.45, 2.75) is 6.42 Å². The van der Waals surface area contributed by atoms with Crippen molar-refractivity contribution in [2.24, 2.45) is 0 Å². The van der Waals surface area contributed by atoms with Gasteiger partial charge in [-0.25, -0.2) is 5.10 Å². The zero-order valence-corrected chi connectivity index (χ0v) is 12.0. The number of hydrogen-bond acceptors (Lipinski definition) is 4. The van der Waals surface area contributed by atoms with E-state index >= 15 is 0 Å². The Hall–Kier alpha value is -1.82. The summed E-state index contributed by atoms with van der Waals surface area (Å²) in [5, 5.41) is 9.27. The van der Waals surface area contributed by atoms with Crippen molar-refractivity contribution in [3.05, 3.63) is 50.9 Å². The number of H-pyrrole nitrogens is 1. The minimum absolute atomic E-state index is 0.241. The highest BCUT2D eigenvalue weighted by atomic mass is 79.9. The third-order valence-corrected chi connectivity index (χ3v) is 3.47. The average Bonchev–Trinajstić information content (AvgIpc) is 2.44. The summed E-state index contributed by atoms with van der Waals surface area (Å²) in [7, 11) is 1.65. The molecule has 100 valence electrons. The standard InChI is InChI=1S/C13H14BrN3O2/c1-19-10-4-2-9(3-5-10)6-7-15-11-8-16-17-13(18)12(11)14/h2-5,8H,6-7H2,1H3,(H2,15,17,18). The van der Waals surface area contributed by atoms with Crippen LogP contribution in [-0.2, 0) is 6.42 Å². The highest BCUT2D eigenvalue weighted by molar-refractivity contribution is 9.10. The second kappa shape index (κ2) is 6.38. The molecule has 0 radical (unpaired) electrons. The van der Waals surface area contributed by atoms with E-state index in [1.165, 1.54) is 5.56 Å². The van der Waals surface area contributed by atoms with E-state index in [9.17, 15) is 4.79 Å². The number of aromatic amines is 1. The molecule has 1 aromatic heterocycles. The largest absolute Gasteiger partial charge is 0.497 e. The van der Waals surface area contributed by atoms with Crippen LogP contribution in [0.25, 0.3) is 0 Å². The first kappa shape index (κ1) is 13.6.